The van der Waals surface area contributed by atoms with Gasteiger partial charge in [-0.15, -0.1) is 12.4 Å². The minimum absolute atomic E-state index is 0. The molecule has 10 heteroatoms. The lowest BCUT2D eigenvalue weighted by atomic mass is 10.2. The fourth-order valence-corrected chi connectivity index (χ4v) is 3.84. The van der Waals surface area contributed by atoms with E-state index in [-0.39, 0.29) is 22.9 Å². The van der Waals surface area contributed by atoms with Gasteiger partial charge in [-0.3, -0.25) is 0 Å². The highest BCUT2D eigenvalue weighted by Gasteiger charge is 2.38. The SMILES string of the molecule is Cl.O=S(=O)(NC1CCNC1)c1ccc(Br)cc1C(F)(F)F. The van der Waals surface area contributed by atoms with Gasteiger partial charge in [-0.05, 0) is 31.2 Å². The van der Waals surface area contributed by atoms with E-state index < -0.39 is 26.7 Å². The summed E-state index contributed by atoms with van der Waals surface area (Å²) in [6, 6.07) is 2.61. The summed E-state index contributed by atoms with van der Waals surface area (Å²) in [6.45, 7) is 1.05. The van der Waals surface area contributed by atoms with Crippen LogP contribution >= 0.6 is 28.3 Å². The van der Waals surface area contributed by atoms with Crippen molar-refractivity contribution in [3.63, 3.8) is 0 Å². The topological polar surface area (TPSA) is 58.2 Å². The zero-order valence-electron chi connectivity index (χ0n) is 10.6. The molecule has 1 saturated heterocycles. The zero-order valence-corrected chi connectivity index (χ0v) is 13.8. The highest BCUT2D eigenvalue weighted by molar-refractivity contribution is 9.10. The summed E-state index contributed by atoms with van der Waals surface area (Å²) in [4.78, 5) is -0.750. The standard InChI is InChI=1S/C11H12BrF3N2O2S.ClH/c12-7-1-2-10(9(5-7)11(13,14)15)20(18,19)17-8-3-4-16-6-8;/h1-2,5,8,16-17H,3-4,6H2;1H. The monoisotopic (exact) mass is 408 g/mol. The van der Waals surface area contributed by atoms with Crippen molar-refractivity contribution in [2.75, 3.05) is 13.1 Å². The van der Waals surface area contributed by atoms with Crippen molar-refractivity contribution in [1.29, 1.82) is 0 Å². The Labute approximate surface area is 135 Å². The maximum absolute atomic E-state index is 12.9. The molecule has 2 rings (SSSR count). The van der Waals surface area contributed by atoms with E-state index in [2.05, 4.69) is 26.0 Å². The molecule has 1 unspecified atom stereocenters. The van der Waals surface area contributed by atoms with Gasteiger partial charge in [0.05, 0.1) is 10.5 Å². The second kappa shape index (κ2) is 6.82. The third-order valence-corrected chi connectivity index (χ3v) is 4.99. The van der Waals surface area contributed by atoms with Gasteiger partial charge in [0, 0.05) is 17.1 Å². The number of sulfonamides is 1. The van der Waals surface area contributed by atoms with Gasteiger partial charge in [-0.25, -0.2) is 13.1 Å². The van der Waals surface area contributed by atoms with Crippen molar-refractivity contribution in [1.82, 2.24) is 10.0 Å². The summed E-state index contributed by atoms with van der Waals surface area (Å²) in [5, 5.41) is 2.94. The van der Waals surface area contributed by atoms with Crippen LogP contribution in [0.15, 0.2) is 27.6 Å². The predicted molar refractivity (Wildman–Crippen MR) is 78.0 cm³/mol. The van der Waals surface area contributed by atoms with Crippen LogP contribution in [0.4, 0.5) is 13.2 Å². The first-order valence-corrected chi connectivity index (χ1v) is 8.07. The smallest absolute Gasteiger partial charge is 0.315 e. The van der Waals surface area contributed by atoms with E-state index >= 15 is 0 Å². The summed E-state index contributed by atoms with van der Waals surface area (Å²) in [7, 11) is -4.21. The molecular weight excluding hydrogens is 397 g/mol. The first kappa shape index (κ1) is 18.7. The quantitative estimate of drug-likeness (QED) is 0.807. The molecule has 0 spiro atoms. The lowest BCUT2D eigenvalue weighted by Crippen LogP contribution is -2.37. The van der Waals surface area contributed by atoms with Crippen LogP contribution in [0.1, 0.15) is 12.0 Å². The first-order chi connectivity index (χ1) is 9.20. The molecule has 1 aromatic carbocycles. The van der Waals surface area contributed by atoms with Crippen LogP contribution in [0, 0.1) is 0 Å². The Kier molecular flexibility index (Phi) is 6.08. The van der Waals surface area contributed by atoms with E-state index in [4.69, 9.17) is 0 Å². The summed E-state index contributed by atoms with van der Waals surface area (Å²) >= 11 is 2.92. The van der Waals surface area contributed by atoms with Crippen LogP contribution in [-0.4, -0.2) is 27.5 Å². The number of benzene rings is 1. The average Bonchev–Trinajstić information content (AvgIpc) is 2.79. The van der Waals surface area contributed by atoms with E-state index in [1.807, 2.05) is 0 Å². The molecule has 2 N–H and O–H groups in total. The van der Waals surface area contributed by atoms with Crippen LogP contribution in [0.2, 0.25) is 0 Å². The average molecular weight is 410 g/mol. The maximum atomic E-state index is 12.9. The highest BCUT2D eigenvalue weighted by Crippen LogP contribution is 2.35. The number of halogens is 5. The Balaban J connectivity index is 0.00000220. The number of alkyl halides is 3. The van der Waals surface area contributed by atoms with Crippen molar-refractivity contribution in [3.05, 3.63) is 28.2 Å². The molecule has 0 aromatic heterocycles. The van der Waals surface area contributed by atoms with Gasteiger partial charge < -0.3 is 5.32 Å². The normalized spacial score (nSPS) is 19.3. The molecule has 0 amide bonds. The minimum Gasteiger partial charge on any atom is -0.315 e. The molecule has 1 atom stereocenters. The van der Waals surface area contributed by atoms with E-state index in [9.17, 15) is 21.6 Å². The fourth-order valence-electron chi connectivity index (χ4n) is 2.00. The molecule has 0 aliphatic carbocycles. The van der Waals surface area contributed by atoms with Gasteiger partial charge in [0.2, 0.25) is 10.0 Å². The van der Waals surface area contributed by atoms with Crippen molar-refractivity contribution >= 4 is 38.4 Å². The summed E-state index contributed by atoms with van der Waals surface area (Å²) in [6.07, 6.45) is -4.18. The van der Waals surface area contributed by atoms with Crippen LogP contribution in [0.5, 0.6) is 0 Å². The van der Waals surface area contributed by atoms with Crippen LogP contribution < -0.4 is 10.0 Å². The Morgan fingerprint density at radius 2 is 2.00 bits per heavy atom. The Morgan fingerprint density at radius 1 is 1.33 bits per heavy atom. The van der Waals surface area contributed by atoms with Crippen molar-refractivity contribution in [2.45, 2.75) is 23.5 Å². The van der Waals surface area contributed by atoms with Crippen molar-refractivity contribution in [3.8, 4) is 0 Å². The molecule has 0 saturated carbocycles. The molecule has 120 valence electrons. The van der Waals surface area contributed by atoms with E-state index in [1.54, 1.807) is 0 Å². The Hall–Kier alpha value is -0.350. The maximum Gasteiger partial charge on any atom is 0.417 e. The van der Waals surface area contributed by atoms with Gasteiger partial charge in [-0.1, -0.05) is 15.9 Å². The van der Waals surface area contributed by atoms with Crippen LogP contribution in [-0.2, 0) is 16.2 Å². The molecule has 1 fully saturated rings. The van der Waals surface area contributed by atoms with E-state index in [0.29, 0.717) is 19.5 Å². The molecule has 0 bridgehead atoms. The highest BCUT2D eigenvalue weighted by atomic mass is 79.9. The van der Waals surface area contributed by atoms with Gasteiger partial charge in [-0.2, -0.15) is 13.2 Å². The summed E-state index contributed by atoms with van der Waals surface area (Å²) < 4.78 is 65.5. The zero-order chi connectivity index (χ0) is 15.0. The van der Waals surface area contributed by atoms with Gasteiger partial charge >= 0.3 is 6.18 Å². The number of nitrogens with one attached hydrogen (secondary N) is 2. The van der Waals surface area contributed by atoms with Crippen LogP contribution in [0.3, 0.4) is 0 Å². The second-order valence-electron chi connectivity index (χ2n) is 4.45. The molecule has 1 aromatic rings. The molecule has 1 aliphatic heterocycles. The lowest BCUT2D eigenvalue weighted by Gasteiger charge is -2.16. The van der Waals surface area contributed by atoms with Gasteiger partial charge in [0.15, 0.2) is 0 Å². The van der Waals surface area contributed by atoms with Crippen LogP contribution in [0.25, 0.3) is 0 Å². The molecule has 4 nitrogen and oxygen atoms in total. The Bertz CT molecular complexity index is 604. The number of hydrogen-bond acceptors (Lipinski definition) is 3. The molecule has 21 heavy (non-hydrogen) atoms. The predicted octanol–water partition coefficient (Wildman–Crippen LogP) is 2.53. The minimum atomic E-state index is -4.73. The number of hydrogen-bond donors (Lipinski definition) is 2. The molecule has 0 radical (unpaired) electrons. The Morgan fingerprint density at radius 3 is 2.52 bits per heavy atom. The summed E-state index contributed by atoms with van der Waals surface area (Å²) in [5.41, 5.74) is -1.18. The second-order valence-corrected chi connectivity index (χ2v) is 7.05. The molecular formula is C11H13BrClF3N2O2S. The van der Waals surface area contributed by atoms with Gasteiger partial charge in [0.1, 0.15) is 0 Å². The fraction of sp³-hybridized carbons (Fsp3) is 0.455. The van der Waals surface area contributed by atoms with Crippen molar-refractivity contribution < 1.29 is 21.6 Å². The van der Waals surface area contributed by atoms with E-state index in [0.717, 1.165) is 12.1 Å². The number of rotatable bonds is 3. The first-order valence-electron chi connectivity index (χ1n) is 5.80. The summed E-state index contributed by atoms with van der Waals surface area (Å²) in [5.74, 6) is 0. The third-order valence-electron chi connectivity index (χ3n) is 2.92. The third kappa shape index (κ3) is 4.56. The van der Waals surface area contributed by atoms with Crippen molar-refractivity contribution in [2.24, 2.45) is 0 Å². The lowest BCUT2D eigenvalue weighted by molar-refractivity contribution is -0.139. The largest absolute Gasteiger partial charge is 0.417 e. The molecule has 1 aliphatic rings. The molecule has 1 heterocycles. The van der Waals surface area contributed by atoms with Gasteiger partial charge in [0.25, 0.3) is 0 Å². The van der Waals surface area contributed by atoms with E-state index in [1.165, 1.54) is 6.07 Å².